The Hall–Kier alpha value is -2.88. The lowest BCUT2D eigenvalue weighted by atomic mass is 10.0. The SMILES string of the molecule is CC(=O)Oc1ccc2c(c1C)O/C(=C\c1ccccc1C)C2=O. The van der Waals surface area contributed by atoms with Crippen LogP contribution in [0.5, 0.6) is 11.5 Å². The van der Waals surface area contributed by atoms with Crippen LogP contribution in [-0.2, 0) is 4.79 Å². The number of carbonyl (C=O) groups is 2. The second kappa shape index (κ2) is 5.72. The predicted octanol–water partition coefficient (Wildman–Crippen LogP) is 3.84. The number of hydrogen-bond acceptors (Lipinski definition) is 4. The Balaban J connectivity index is 2.01. The van der Waals surface area contributed by atoms with Crippen molar-refractivity contribution in [2.75, 3.05) is 0 Å². The number of aryl methyl sites for hydroxylation is 1. The highest BCUT2D eigenvalue weighted by Gasteiger charge is 2.30. The molecule has 0 bridgehead atoms. The number of fused-ring (bicyclic) bond motifs is 1. The van der Waals surface area contributed by atoms with Gasteiger partial charge in [-0.15, -0.1) is 0 Å². The summed E-state index contributed by atoms with van der Waals surface area (Å²) in [5.74, 6) is 0.556. The summed E-state index contributed by atoms with van der Waals surface area (Å²) >= 11 is 0. The zero-order valence-electron chi connectivity index (χ0n) is 13.2. The van der Waals surface area contributed by atoms with Gasteiger partial charge in [0.05, 0.1) is 5.56 Å². The number of Topliss-reactive ketones (excluding diaryl/α,β-unsaturated/α-hetero) is 1. The van der Waals surface area contributed by atoms with Gasteiger partial charge in [-0.1, -0.05) is 24.3 Å². The van der Waals surface area contributed by atoms with Gasteiger partial charge in [0.1, 0.15) is 11.5 Å². The molecule has 0 unspecified atom stereocenters. The molecule has 0 atom stereocenters. The van der Waals surface area contributed by atoms with Gasteiger partial charge in [-0.2, -0.15) is 0 Å². The van der Waals surface area contributed by atoms with Crippen LogP contribution >= 0.6 is 0 Å². The molecule has 0 aliphatic carbocycles. The van der Waals surface area contributed by atoms with Crippen molar-refractivity contribution >= 4 is 17.8 Å². The summed E-state index contributed by atoms with van der Waals surface area (Å²) in [5.41, 5.74) is 3.11. The number of benzene rings is 2. The summed E-state index contributed by atoms with van der Waals surface area (Å²) in [4.78, 5) is 23.6. The van der Waals surface area contributed by atoms with E-state index in [2.05, 4.69) is 0 Å². The molecule has 0 N–H and O–H groups in total. The van der Waals surface area contributed by atoms with E-state index in [1.54, 1.807) is 25.1 Å². The van der Waals surface area contributed by atoms with Crippen molar-refractivity contribution in [3.05, 3.63) is 64.4 Å². The average Bonchev–Trinajstić information content (AvgIpc) is 2.82. The van der Waals surface area contributed by atoms with E-state index in [9.17, 15) is 9.59 Å². The smallest absolute Gasteiger partial charge is 0.308 e. The van der Waals surface area contributed by atoms with Gasteiger partial charge in [0.25, 0.3) is 0 Å². The lowest BCUT2D eigenvalue weighted by Gasteiger charge is -2.08. The van der Waals surface area contributed by atoms with Gasteiger partial charge in [0, 0.05) is 12.5 Å². The van der Waals surface area contributed by atoms with Crippen LogP contribution in [0.4, 0.5) is 0 Å². The number of allylic oxidation sites excluding steroid dienone is 1. The molecule has 2 aromatic rings. The molecule has 1 heterocycles. The summed E-state index contributed by atoms with van der Waals surface area (Å²) in [6.07, 6.45) is 1.74. The van der Waals surface area contributed by atoms with E-state index in [1.165, 1.54) is 6.92 Å². The summed E-state index contributed by atoms with van der Waals surface area (Å²) in [6.45, 7) is 5.08. The van der Waals surface area contributed by atoms with Gasteiger partial charge in [0.15, 0.2) is 5.76 Å². The third-order valence-corrected chi connectivity index (χ3v) is 3.77. The van der Waals surface area contributed by atoms with Crippen molar-refractivity contribution in [2.24, 2.45) is 0 Å². The Labute approximate surface area is 134 Å². The zero-order chi connectivity index (χ0) is 16.6. The minimum absolute atomic E-state index is 0.166. The molecule has 2 aromatic carbocycles. The van der Waals surface area contributed by atoms with Crippen molar-refractivity contribution in [2.45, 2.75) is 20.8 Å². The molecule has 1 aliphatic heterocycles. The highest BCUT2D eigenvalue weighted by Crippen LogP contribution is 2.39. The molecule has 0 radical (unpaired) electrons. The molecule has 0 amide bonds. The highest BCUT2D eigenvalue weighted by atomic mass is 16.5. The van der Waals surface area contributed by atoms with E-state index in [-0.39, 0.29) is 11.5 Å². The topological polar surface area (TPSA) is 52.6 Å². The van der Waals surface area contributed by atoms with Crippen molar-refractivity contribution in [1.29, 1.82) is 0 Å². The molecule has 0 fully saturated rings. The molecule has 4 nitrogen and oxygen atoms in total. The number of carbonyl (C=O) groups excluding carboxylic acids is 2. The molecule has 3 rings (SSSR count). The standard InChI is InChI=1S/C19H16O4/c1-11-6-4-5-7-14(11)10-17-18(21)15-8-9-16(22-13(3)20)12(2)19(15)23-17/h4-10H,1-3H3/b17-10-. The van der Waals surface area contributed by atoms with Crippen LogP contribution in [0.2, 0.25) is 0 Å². The number of ether oxygens (including phenoxy) is 2. The summed E-state index contributed by atoms with van der Waals surface area (Å²) in [7, 11) is 0. The van der Waals surface area contributed by atoms with E-state index in [4.69, 9.17) is 9.47 Å². The zero-order valence-corrected chi connectivity index (χ0v) is 13.2. The maximum atomic E-state index is 12.5. The van der Waals surface area contributed by atoms with Crippen LogP contribution in [-0.4, -0.2) is 11.8 Å². The molecule has 23 heavy (non-hydrogen) atoms. The summed E-state index contributed by atoms with van der Waals surface area (Å²) < 4.78 is 10.9. The van der Waals surface area contributed by atoms with E-state index in [0.717, 1.165) is 11.1 Å². The lowest BCUT2D eigenvalue weighted by molar-refractivity contribution is -0.131. The highest BCUT2D eigenvalue weighted by molar-refractivity contribution is 6.15. The predicted molar refractivity (Wildman–Crippen MR) is 86.6 cm³/mol. The quantitative estimate of drug-likeness (QED) is 0.480. The molecular weight excluding hydrogens is 292 g/mol. The normalized spacial score (nSPS) is 14.6. The second-order valence-electron chi connectivity index (χ2n) is 5.46. The summed E-state index contributed by atoms with van der Waals surface area (Å²) in [5, 5.41) is 0. The van der Waals surface area contributed by atoms with E-state index < -0.39 is 5.97 Å². The van der Waals surface area contributed by atoms with Gasteiger partial charge in [-0.25, -0.2) is 0 Å². The number of esters is 1. The first-order valence-corrected chi connectivity index (χ1v) is 7.29. The minimum atomic E-state index is -0.409. The van der Waals surface area contributed by atoms with Crippen LogP contribution in [0, 0.1) is 13.8 Å². The first-order chi connectivity index (χ1) is 11.0. The van der Waals surface area contributed by atoms with Gasteiger partial charge < -0.3 is 9.47 Å². The Morgan fingerprint density at radius 1 is 1.13 bits per heavy atom. The molecule has 0 spiro atoms. The number of ketones is 1. The van der Waals surface area contributed by atoms with Crippen LogP contribution < -0.4 is 9.47 Å². The Morgan fingerprint density at radius 2 is 1.87 bits per heavy atom. The molecular formula is C19H16O4. The van der Waals surface area contributed by atoms with Gasteiger partial charge in [-0.3, -0.25) is 9.59 Å². The van der Waals surface area contributed by atoms with E-state index in [0.29, 0.717) is 22.6 Å². The van der Waals surface area contributed by atoms with Crippen LogP contribution in [0.3, 0.4) is 0 Å². The number of hydrogen-bond donors (Lipinski definition) is 0. The third-order valence-electron chi connectivity index (χ3n) is 3.77. The average molecular weight is 308 g/mol. The Bertz CT molecular complexity index is 846. The molecule has 4 heteroatoms. The van der Waals surface area contributed by atoms with Crippen molar-refractivity contribution in [3.63, 3.8) is 0 Å². The Kier molecular flexibility index (Phi) is 3.74. The van der Waals surface area contributed by atoms with Crippen LogP contribution in [0.15, 0.2) is 42.2 Å². The number of rotatable bonds is 2. The fraction of sp³-hybridized carbons (Fsp3) is 0.158. The summed E-state index contributed by atoms with van der Waals surface area (Å²) in [6, 6.07) is 11.0. The van der Waals surface area contributed by atoms with Gasteiger partial charge in [-0.05, 0) is 43.2 Å². The van der Waals surface area contributed by atoms with E-state index >= 15 is 0 Å². The maximum absolute atomic E-state index is 12.5. The van der Waals surface area contributed by atoms with Crippen LogP contribution in [0.25, 0.3) is 6.08 Å². The fourth-order valence-electron chi connectivity index (χ4n) is 2.52. The molecule has 0 saturated carbocycles. The lowest BCUT2D eigenvalue weighted by Crippen LogP contribution is -2.03. The fourth-order valence-corrected chi connectivity index (χ4v) is 2.52. The Morgan fingerprint density at radius 3 is 2.57 bits per heavy atom. The molecule has 1 aliphatic rings. The van der Waals surface area contributed by atoms with Crippen LogP contribution in [0.1, 0.15) is 34.0 Å². The minimum Gasteiger partial charge on any atom is -0.452 e. The monoisotopic (exact) mass is 308 g/mol. The van der Waals surface area contributed by atoms with Crippen molar-refractivity contribution in [3.8, 4) is 11.5 Å². The first-order valence-electron chi connectivity index (χ1n) is 7.29. The van der Waals surface area contributed by atoms with Crippen molar-refractivity contribution < 1.29 is 19.1 Å². The maximum Gasteiger partial charge on any atom is 0.308 e. The van der Waals surface area contributed by atoms with E-state index in [1.807, 2.05) is 31.2 Å². The second-order valence-corrected chi connectivity index (χ2v) is 5.46. The van der Waals surface area contributed by atoms with Gasteiger partial charge in [0.2, 0.25) is 5.78 Å². The molecule has 0 aromatic heterocycles. The van der Waals surface area contributed by atoms with Crippen molar-refractivity contribution in [1.82, 2.24) is 0 Å². The first kappa shape index (κ1) is 15.0. The largest absolute Gasteiger partial charge is 0.452 e. The third kappa shape index (κ3) is 2.75. The van der Waals surface area contributed by atoms with Gasteiger partial charge >= 0.3 is 5.97 Å². The molecule has 0 saturated heterocycles. The molecule has 116 valence electrons.